The van der Waals surface area contributed by atoms with Crippen LogP contribution in [0.3, 0.4) is 0 Å². The summed E-state index contributed by atoms with van der Waals surface area (Å²) in [5.74, 6) is 0. The lowest BCUT2D eigenvalue weighted by atomic mass is 10.1. The van der Waals surface area contributed by atoms with Crippen LogP contribution in [-0.2, 0) is 10.0 Å². The number of hydrogen-bond donors (Lipinski definition) is 1. The van der Waals surface area contributed by atoms with Crippen molar-refractivity contribution in [1.29, 1.82) is 0 Å². The fourth-order valence-electron chi connectivity index (χ4n) is 1.83. The lowest BCUT2D eigenvalue weighted by Crippen LogP contribution is -2.27. The molecule has 0 bridgehead atoms. The van der Waals surface area contributed by atoms with Crippen molar-refractivity contribution in [2.45, 2.75) is 22.8 Å². The minimum absolute atomic E-state index is 0.0146. The van der Waals surface area contributed by atoms with E-state index in [4.69, 9.17) is 11.6 Å². The summed E-state index contributed by atoms with van der Waals surface area (Å²) >= 11 is 7.48. The molecule has 21 heavy (non-hydrogen) atoms. The van der Waals surface area contributed by atoms with E-state index in [1.54, 1.807) is 24.8 Å². The zero-order valence-electron chi connectivity index (χ0n) is 11.6. The first-order valence-corrected chi connectivity index (χ1v) is 9.29. The molecule has 0 aliphatic carbocycles. The van der Waals surface area contributed by atoms with E-state index in [1.165, 1.54) is 12.3 Å². The van der Waals surface area contributed by atoms with Crippen molar-refractivity contribution in [3.8, 4) is 0 Å². The van der Waals surface area contributed by atoms with E-state index in [-0.39, 0.29) is 16.1 Å². The Bertz CT molecular complexity index is 718. The van der Waals surface area contributed by atoms with E-state index in [2.05, 4.69) is 9.71 Å². The van der Waals surface area contributed by atoms with Gasteiger partial charge in [-0.15, -0.1) is 11.8 Å². The monoisotopic (exact) mass is 342 g/mol. The molecule has 2 aromatic rings. The van der Waals surface area contributed by atoms with E-state index in [0.29, 0.717) is 0 Å². The van der Waals surface area contributed by atoms with Crippen molar-refractivity contribution in [3.05, 3.63) is 53.3 Å². The number of pyridine rings is 1. The molecule has 0 fully saturated rings. The highest BCUT2D eigenvalue weighted by Gasteiger charge is 2.21. The van der Waals surface area contributed by atoms with Crippen LogP contribution in [0.5, 0.6) is 0 Å². The van der Waals surface area contributed by atoms with E-state index in [1.807, 2.05) is 30.5 Å². The van der Waals surface area contributed by atoms with Crippen LogP contribution in [-0.4, -0.2) is 19.7 Å². The van der Waals surface area contributed by atoms with Crippen LogP contribution in [0.1, 0.15) is 18.5 Å². The molecule has 1 N–H and O–H groups in total. The number of aromatic nitrogens is 1. The summed E-state index contributed by atoms with van der Waals surface area (Å²) in [6, 6.07) is 10.3. The van der Waals surface area contributed by atoms with Crippen LogP contribution in [0.15, 0.2) is 52.4 Å². The second-order valence-corrected chi connectivity index (χ2v) is 7.33. The fraction of sp³-hybridized carbons (Fsp3) is 0.214. The second kappa shape index (κ2) is 6.79. The molecule has 0 aliphatic heterocycles. The lowest BCUT2D eigenvalue weighted by molar-refractivity contribution is 0.566. The number of hydrogen-bond acceptors (Lipinski definition) is 4. The fourth-order valence-corrected chi connectivity index (χ4v) is 3.92. The summed E-state index contributed by atoms with van der Waals surface area (Å²) in [6.45, 7) is 1.79. The molecular weight excluding hydrogens is 328 g/mol. The van der Waals surface area contributed by atoms with Gasteiger partial charge in [0.05, 0.1) is 0 Å². The molecule has 1 heterocycles. The van der Waals surface area contributed by atoms with Gasteiger partial charge in [-0.3, -0.25) is 0 Å². The van der Waals surface area contributed by atoms with Gasteiger partial charge in [-0.2, -0.15) is 0 Å². The number of nitrogens with one attached hydrogen (secondary N) is 1. The topological polar surface area (TPSA) is 59.1 Å². The van der Waals surface area contributed by atoms with Crippen LogP contribution in [0, 0.1) is 0 Å². The molecule has 0 spiro atoms. The summed E-state index contributed by atoms with van der Waals surface area (Å²) < 4.78 is 27.2. The van der Waals surface area contributed by atoms with Crippen LogP contribution < -0.4 is 4.72 Å². The number of nitrogens with zero attached hydrogens (tertiary/aromatic N) is 1. The Morgan fingerprint density at radius 3 is 2.48 bits per heavy atom. The first kappa shape index (κ1) is 16.3. The van der Waals surface area contributed by atoms with Crippen LogP contribution in [0.4, 0.5) is 0 Å². The van der Waals surface area contributed by atoms with E-state index in [0.717, 1.165) is 10.5 Å². The number of sulfonamides is 1. The Balaban J connectivity index is 2.21. The molecule has 1 atom stereocenters. The third-order valence-electron chi connectivity index (χ3n) is 2.96. The van der Waals surface area contributed by atoms with Gasteiger partial charge >= 0.3 is 0 Å². The van der Waals surface area contributed by atoms with E-state index >= 15 is 0 Å². The maximum Gasteiger partial charge on any atom is 0.244 e. The Kier molecular flexibility index (Phi) is 5.27. The zero-order chi connectivity index (χ0) is 15.5. The largest absolute Gasteiger partial charge is 0.244 e. The molecule has 1 aromatic carbocycles. The third-order valence-corrected chi connectivity index (χ3v) is 5.69. The highest BCUT2D eigenvalue weighted by atomic mass is 35.5. The molecule has 0 amide bonds. The van der Waals surface area contributed by atoms with Gasteiger partial charge in [-0.1, -0.05) is 23.7 Å². The smallest absolute Gasteiger partial charge is 0.243 e. The van der Waals surface area contributed by atoms with Crippen molar-refractivity contribution in [2.75, 3.05) is 6.26 Å². The Morgan fingerprint density at radius 2 is 1.90 bits per heavy atom. The third kappa shape index (κ3) is 3.97. The minimum Gasteiger partial charge on any atom is -0.243 e. The summed E-state index contributed by atoms with van der Waals surface area (Å²) in [5, 5.41) is -0.0325. The molecule has 0 aliphatic rings. The van der Waals surface area contributed by atoms with Crippen LogP contribution >= 0.6 is 23.4 Å². The van der Waals surface area contributed by atoms with Gasteiger partial charge in [0, 0.05) is 17.1 Å². The minimum atomic E-state index is -3.70. The average molecular weight is 343 g/mol. The predicted octanol–water partition coefficient (Wildman–Crippen LogP) is 3.50. The summed E-state index contributed by atoms with van der Waals surface area (Å²) in [4.78, 5) is 4.91. The molecule has 112 valence electrons. The molecule has 0 radical (unpaired) electrons. The normalized spacial score (nSPS) is 13.1. The molecular formula is C14H15ClN2O2S2. The Labute approximate surface area is 134 Å². The molecule has 4 nitrogen and oxygen atoms in total. The van der Waals surface area contributed by atoms with Crippen molar-refractivity contribution in [1.82, 2.24) is 9.71 Å². The predicted molar refractivity (Wildman–Crippen MR) is 86.2 cm³/mol. The van der Waals surface area contributed by atoms with Crippen molar-refractivity contribution in [3.63, 3.8) is 0 Å². The number of rotatable bonds is 5. The highest BCUT2D eigenvalue weighted by Crippen LogP contribution is 2.23. The van der Waals surface area contributed by atoms with E-state index in [9.17, 15) is 8.42 Å². The van der Waals surface area contributed by atoms with Gasteiger partial charge in [-0.25, -0.2) is 18.1 Å². The average Bonchev–Trinajstić information content (AvgIpc) is 2.47. The summed E-state index contributed by atoms with van der Waals surface area (Å²) in [7, 11) is -3.70. The SMILES string of the molecule is CSc1ccc(C(C)NS(=O)(=O)c2cccnc2Cl)cc1. The molecule has 1 aromatic heterocycles. The molecule has 1 unspecified atom stereocenters. The van der Waals surface area contributed by atoms with Crippen molar-refractivity contribution < 1.29 is 8.42 Å². The van der Waals surface area contributed by atoms with Gasteiger partial charge < -0.3 is 0 Å². The van der Waals surface area contributed by atoms with Crippen LogP contribution in [0.25, 0.3) is 0 Å². The first-order chi connectivity index (χ1) is 9.94. The second-order valence-electron chi connectivity index (χ2n) is 4.41. The summed E-state index contributed by atoms with van der Waals surface area (Å²) in [5.41, 5.74) is 0.886. The van der Waals surface area contributed by atoms with Gasteiger partial charge in [0.15, 0.2) is 0 Å². The Hall–Kier alpha value is -1.08. The lowest BCUT2D eigenvalue weighted by Gasteiger charge is -2.15. The summed E-state index contributed by atoms with van der Waals surface area (Å²) in [6.07, 6.45) is 3.44. The van der Waals surface area contributed by atoms with Gasteiger partial charge in [0.2, 0.25) is 10.0 Å². The van der Waals surface area contributed by atoms with Crippen LogP contribution in [0.2, 0.25) is 5.15 Å². The standard InChI is InChI=1S/C14H15ClN2O2S2/c1-10(11-5-7-12(20-2)8-6-11)17-21(18,19)13-4-3-9-16-14(13)15/h3-10,17H,1-2H3. The van der Waals surface area contributed by atoms with Gasteiger partial charge in [0.1, 0.15) is 10.0 Å². The number of halogens is 1. The number of thioether (sulfide) groups is 1. The molecule has 0 saturated carbocycles. The van der Waals surface area contributed by atoms with Crippen molar-refractivity contribution in [2.24, 2.45) is 0 Å². The number of benzene rings is 1. The Morgan fingerprint density at radius 1 is 1.24 bits per heavy atom. The molecule has 7 heteroatoms. The van der Waals surface area contributed by atoms with Crippen molar-refractivity contribution >= 4 is 33.4 Å². The molecule has 2 rings (SSSR count). The maximum absolute atomic E-state index is 12.3. The first-order valence-electron chi connectivity index (χ1n) is 6.21. The van der Waals surface area contributed by atoms with Gasteiger partial charge in [0.25, 0.3) is 0 Å². The van der Waals surface area contributed by atoms with Gasteiger partial charge in [-0.05, 0) is 43.0 Å². The molecule has 0 saturated heterocycles. The quantitative estimate of drug-likeness (QED) is 0.667. The highest BCUT2D eigenvalue weighted by molar-refractivity contribution is 7.98. The zero-order valence-corrected chi connectivity index (χ0v) is 14.0. The van der Waals surface area contributed by atoms with E-state index < -0.39 is 10.0 Å². The maximum atomic E-state index is 12.3.